The van der Waals surface area contributed by atoms with Gasteiger partial charge in [-0.15, -0.1) is 0 Å². The van der Waals surface area contributed by atoms with Crippen LogP contribution in [0.25, 0.3) is 0 Å². The number of nitrogens with one attached hydrogen (secondary N) is 2. The van der Waals surface area contributed by atoms with Crippen LogP contribution in [-0.2, 0) is 16.0 Å². The molecule has 0 aliphatic carbocycles. The Morgan fingerprint density at radius 3 is 2.84 bits per heavy atom. The van der Waals surface area contributed by atoms with E-state index >= 15 is 0 Å². The second kappa shape index (κ2) is 6.36. The molecule has 2 atom stereocenters. The Kier molecular flexibility index (Phi) is 4.55. The summed E-state index contributed by atoms with van der Waals surface area (Å²) in [5.74, 6) is -0.816. The van der Waals surface area contributed by atoms with Crippen molar-refractivity contribution in [3.05, 3.63) is 35.9 Å². The molecule has 1 saturated heterocycles. The fourth-order valence-electron chi connectivity index (χ4n) is 2.38. The van der Waals surface area contributed by atoms with Gasteiger partial charge >= 0.3 is 0 Å². The molecule has 2 amide bonds. The van der Waals surface area contributed by atoms with Gasteiger partial charge < -0.3 is 10.6 Å². The maximum Gasteiger partial charge on any atom is 0.232 e. The number of rotatable bonds is 4. The van der Waals surface area contributed by atoms with E-state index in [1.54, 1.807) is 0 Å². The van der Waals surface area contributed by atoms with Gasteiger partial charge in [0.25, 0.3) is 0 Å². The SMILES string of the molecule is C[C@@H](Cc1ccccc1)NC(=O)[C@H]1CCCNC1=O. The van der Waals surface area contributed by atoms with Crippen molar-refractivity contribution in [3.8, 4) is 0 Å². The van der Waals surface area contributed by atoms with Crippen LogP contribution in [-0.4, -0.2) is 24.4 Å². The zero-order chi connectivity index (χ0) is 13.7. The minimum Gasteiger partial charge on any atom is -0.355 e. The lowest BCUT2D eigenvalue weighted by atomic mass is 9.97. The minimum absolute atomic E-state index is 0.0321. The molecule has 1 fully saturated rings. The lowest BCUT2D eigenvalue weighted by molar-refractivity contribution is -0.137. The first-order valence-electron chi connectivity index (χ1n) is 6.79. The Hall–Kier alpha value is -1.84. The average molecular weight is 260 g/mol. The predicted molar refractivity (Wildman–Crippen MR) is 73.5 cm³/mol. The largest absolute Gasteiger partial charge is 0.355 e. The van der Waals surface area contributed by atoms with Crippen LogP contribution >= 0.6 is 0 Å². The van der Waals surface area contributed by atoms with Crippen molar-refractivity contribution in [3.63, 3.8) is 0 Å². The van der Waals surface area contributed by atoms with Crippen LogP contribution in [0.5, 0.6) is 0 Å². The summed E-state index contributed by atoms with van der Waals surface area (Å²) >= 11 is 0. The summed E-state index contributed by atoms with van der Waals surface area (Å²) in [6.07, 6.45) is 2.30. The average Bonchev–Trinajstić information content (AvgIpc) is 2.40. The van der Waals surface area contributed by atoms with Crippen molar-refractivity contribution in [2.75, 3.05) is 6.54 Å². The van der Waals surface area contributed by atoms with Crippen LogP contribution in [0, 0.1) is 5.92 Å². The van der Waals surface area contributed by atoms with Crippen molar-refractivity contribution < 1.29 is 9.59 Å². The Balaban J connectivity index is 1.86. The summed E-state index contributed by atoms with van der Waals surface area (Å²) < 4.78 is 0. The van der Waals surface area contributed by atoms with E-state index < -0.39 is 5.92 Å². The standard InChI is InChI=1S/C15H20N2O2/c1-11(10-12-6-3-2-4-7-12)17-15(19)13-8-5-9-16-14(13)18/h2-4,6-7,11,13H,5,8-10H2,1H3,(H,16,18)(H,17,19)/t11-,13-/m0/s1. The Morgan fingerprint density at radius 2 is 2.16 bits per heavy atom. The molecule has 2 rings (SSSR count). The molecule has 4 heteroatoms. The topological polar surface area (TPSA) is 58.2 Å². The van der Waals surface area contributed by atoms with E-state index in [-0.39, 0.29) is 17.9 Å². The molecule has 0 saturated carbocycles. The molecular formula is C15H20N2O2. The number of amides is 2. The minimum atomic E-state index is -0.521. The summed E-state index contributed by atoms with van der Waals surface area (Å²) in [6.45, 7) is 2.65. The first-order valence-corrected chi connectivity index (χ1v) is 6.79. The highest BCUT2D eigenvalue weighted by molar-refractivity contribution is 6.00. The molecular weight excluding hydrogens is 240 g/mol. The van der Waals surface area contributed by atoms with Crippen molar-refractivity contribution in [1.82, 2.24) is 10.6 Å². The van der Waals surface area contributed by atoms with Gasteiger partial charge in [0.1, 0.15) is 5.92 Å². The monoisotopic (exact) mass is 260 g/mol. The zero-order valence-corrected chi connectivity index (χ0v) is 11.2. The predicted octanol–water partition coefficient (Wildman–Crippen LogP) is 1.26. The van der Waals surface area contributed by atoms with Gasteiger partial charge in [0.15, 0.2) is 0 Å². The van der Waals surface area contributed by atoms with Gasteiger partial charge in [0.05, 0.1) is 0 Å². The summed E-state index contributed by atoms with van der Waals surface area (Å²) in [7, 11) is 0. The number of hydrogen-bond acceptors (Lipinski definition) is 2. The third-order valence-corrected chi connectivity index (χ3v) is 3.38. The van der Waals surface area contributed by atoms with E-state index in [2.05, 4.69) is 10.6 Å². The number of benzene rings is 1. The van der Waals surface area contributed by atoms with Crippen molar-refractivity contribution in [2.45, 2.75) is 32.2 Å². The van der Waals surface area contributed by atoms with Gasteiger partial charge in [-0.1, -0.05) is 30.3 Å². The van der Waals surface area contributed by atoms with Gasteiger partial charge in [-0.05, 0) is 31.7 Å². The molecule has 102 valence electrons. The third-order valence-electron chi connectivity index (χ3n) is 3.38. The number of carbonyl (C=O) groups excluding carboxylic acids is 2. The fourth-order valence-corrected chi connectivity index (χ4v) is 2.38. The molecule has 0 radical (unpaired) electrons. The summed E-state index contributed by atoms with van der Waals surface area (Å²) in [5, 5.41) is 5.66. The molecule has 19 heavy (non-hydrogen) atoms. The fraction of sp³-hybridized carbons (Fsp3) is 0.467. The Bertz CT molecular complexity index is 445. The van der Waals surface area contributed by atoms with Crippen LogP contribution in [0.1, 0.15) is 25.3 Å². The van der Waals surface area contributed by atoms with Crippen LogP contribution < -0.4 is 10.6 Å². The van der Waals surface area contributed by atoms with E-state index in [1.807, 2.05) is 37.3 Å². The smallest absolute Gasteiger partial charge is 0.232 e. The van der Waals surface area contributed by atoms with E-state index in [9.17, 15) is 9.59 Å². The first kappa shape index (κ1) is 13.6. The molecule has 0 bridgehead atoms. The van der Waals surface area contributed by atoms with Gasteiger partial charge in [0, 0.05) is 12.6 Å². The number of hydrogen-bond donors (Lipinski definition) is 2. The molecule has 0 unspecified atom stereocenters. The molecule has 1 aliphatic rings. The van der Waals surface area contributed by atoms with Crippen LogP contribution in [0.15, 0.2) is 30.3 Å². The van der Waals surface area contributed by atoms with E-state index in [4.69, 9.17) is 0 Å². The van der Waals surface area contributed by atoms with E-state index in [0.29, 0.717) is 13.0 Å². The summed E-state index contributed by atoms with van der Waals surface area (Å²) in [6, 6.07) is 10.0. The number of piperidine rings is 1. The molecule has 0 spiro atoms. The molecule has 4 nitrogen and oxygen atoms in total. The molecule has 1 aromatic rings. The van der Waals surface area contributed by atoms with Crippen LogP contribution in [0.3, 0.4) is 0 Å². The third kappa shape index (κ3) is 3.81. The Labute approximate surface area is 113 Å². The quantitative estimate of drug-likeness (QED) is 0.801. The van der Waals surface area contributed by atoms with Gasteiger partial charge in [-0.25, -0.2) is 0 Å². The van der Waals surface area contributed by atoms with Crippen molar-refractivity contribution >= 4 is 11.8 Å². The van der Waals surface area contributed by atoms with E-state index in [1.165, 1.54) is 5.56 Å². The maximum absolute atomic E-state index is 12.0. The molecule has 1 heterocycles. The lowest BCUT2D eigenvalue weighted by Gasteiger charge is -2.23. The Morgan fingerprint density at radius 1 is 1.42 bits per heavy atom. The van der Waals surface area contributed by atoms with Gasteiger partial charge in [0.2, 0.25) is 11.8 Å². The lowest BCUT2D eigenvalue weighted by Crippen LogP contribution is -2.47. The highest BCUT2D eigenvalue weighted by Gasteiger charge is 2.29. The van der Waals surface area contributed by atoms with Crippen molar-refractivity contribution in [2.24, 2.45) is 5.92 Å². The molecule has 1 aliphatic heterocycles. The highest BCUT2D eigenvalue weighted by atomic mass is 16.2. The second-order valence-corrected chi connectivity index (χ2v) is 5.09. The number of carbonyl (C=O) groups is 2. The summed E-state index contributed by atoms with van der Waals surface area (Å²) in [5.41, 5.74) is 1.18. The van der Waals surface area contributed by atoms with Crippen LogP contribution in [0.4, 0.5) is 0 Å². The maximum atomic E-state index is 12.0. The van der Waals surface area contributed by atoms with Gasteiger partial charge in [-0.2, -0.15) is 0 Å². The molecule has 0 aromatic heterocycles. The first-order chi connectivity index (χ1) is 9.16. The van der Waals surface area contributed by atoms with Crippen molar-refractivity contribution in [1.29, 1.82) is 0 Å². The molecule has 1 aromatic carbocycles. The second-order valence-electron chi connectivity index (χ2n) is 5.09. The van der Waals surface area contributed by atoms with E-state index in [0.717, 1.165) is 12.8 Å². The highest BCUT2D eigenvalue weighted by Crippen LogP contribution is 2.12. The normalized spacial score (nSPS) is 20.5. The zero-order valence-electron chi connectivity index (χ0n) is 11.2. The van der Waals surface area contributed by atoms with Crippen LogP contribution in [0.2, 0.25) is 0 Å². The summed E-state index contributed by atoms with van der Waals surface area (Å²) in [4.78, 5) is 23.6. The molecule has 2 N–H and O–H groups in total. The van der Waals surface area contributed by atoms with Gasteiger partial charge in [-0.3, -0.25) is 9.59 Å².